The molecule has 0 aliphatic rings. The molecule has 2 rings (SSSR count). The van der Waals surface area contributed by atoms with Crippen LogP contribution in [0.4, 0.5) is 28.0 Å². The zero-order valence-electron chi connectivity index (χ0n) is 10.4. The van der Waals surface area contributed by atoms with Crippen LogP contribution in [0.15, 0.2) is 36.5 Å². The maximum atomic E-state index is 13.9. The largest absolute Gasteiger partial charge is 0.433 e. The van der Waals surface area contributed by atoms with Gasteiger partial charge >= 0.3 is 12.2 Å². The topological polar surface area (TPSA) is 68.0 Å². The van der Waals surface area contributed by atoms with Gasteiger partial charge in [-0.2, -0.15) is 13.2 Å². The molecule has 0 atom stereocenters. The molecule has 0 spiro atoms. The normalized spacial score (nSPS) is 11.2. The number of carbonyl (C=O) groups is 1. The van der Waals surface area contributed by atoms with E-state index in [-0.39, 0.29) is 16.8 Å². The van der Waals surface area contributed by atoms with Crippen molar-refractivity contribution in [1.29, 1.82) is 0 Å². The number of aromatic nitrogens is 1. The van der Waals surface area contributed by atoms with Gasteiger partial charge in [-0.3, -0.25) is 4.98 Å². The quantitative estimate of drug-likeness (QED) is 0.834. The highest BCUT2D eigenvalue weighted by Crippen LogP contribution is 2.30. The van der Waals surface area contributed by atoms with Crippen LogP contribution in [0, 0.1) is 5.82 Å². The first kappa shape index (κ1) is 14.8. The van der Waals surface area contributed by atoms with E-state index in [9.17, 15) is 22.4 Å². The Morgan fingerprint density at radius 1 is 1.19 bits per heavy atom. The molecule has 0 aliphatic carbocycles. The minimum atomic E-state index is -4.55. The van der Waals surface area contributed by atoms with Gasteiger partial charge in [0.1, 0.15) is 11.5 Å². The van der Waals surface area contributed by atoms with Gasteiger partial charge in [-0.25, -0.2) is 9.18 Å². The van der Waals surface area contributed by atoms with E-state index < -0.39 is 23.7 Å². The van der Waals surface area contributed by atoms with Crippen molar-refractivity contribution < 1.29 is 22.4 Å². The van der Waals surface area contributed by atoms with Crippen LogP contribution in [0.25, 0.3) is 11.1 Å². The fourth-order valence-electron chi connectivity index (χ4n) is 1.69. The number of pyridine rings is 1. The van der Waals surface area contributed by atoms with Gasteiger partial charge in [0.05, 0.1) is 0 Å². The van der Waals surface area contributed by atoms with Gasteiger partial charge in [-0.05, 0) is 24.3 Å². The third-order valence-electron chi connectivity index (χ3n) is 2.60. The average molecular weight is 299 g/mol. The molecule has 0 bridgehead atoms. The summed E-state index contributed by atoms with van der Waals surface area (Å²) in [5.41, 5.74) is 4.23. The molecule has 0 unspecified atom stereocenters. The van der Waals surface area contributed by atoms with E-state index in [4.69, 9.17) is 5.73 Å². The molecule has 2 amide bonds. The molecule has 4 nitrogen and oxygen atoms in total. The van der Waals surface area contributed by atoms with Crippen LogP contribution in [0.3, 0.4) is 0 Å². The van der Waals surface area contributed by atoms with Crippen molar-refractivity contribution >= 4 is 11.7 Å². The van der Waals surface area contributed by atoms with Gasteiger partial charge in [0.25, 0.3) is 0 Å². The molecular formula is C13H9F4N3O. The van der Waals surface area contributed by atoms with Crippen molar-refractivity contribution in [2.45, 2.75) is 6.18 Å². The highest BCUT2D eigenvalue weighted by Gasteiger charge is 2.32. The van der Waals surface area contributed by atoms with Gasteiger partial charge in [0.15, 0.2) is 0 Å². The Bertz CT molecular complexity index is 668. The first-order chi connectivity index (χ1) is 9.77. The maximum absolute atomic E-state index is 13.9. The summed E-state index contributed by atoms with van der Waals surface area (Å²) in [7, 11) is 0. The van der Waals surface area contributed by atoms with Crippen LogP contribution in [0.5, 0.6) is 0 Å². The predicted molar refractivity (Wildman–Crippen MR) is 67.8 cm³/mol. The van der Waals surface area contributed by atoms with Gasteiger partial charge in [-0.15, -0.1) is 0 Å². The summed E-state index contributed by atoms with van der Waals surface area (Å²) in [6.45, 7) is 0. The van der Waals surface area contributed by atoms with E-state index in [0.29, 0.717) is 0 Å². The highest BCUT2D eigenvalue weighted by molar-refractivity contribution is 5.88. The minimum absolute atomic E-state index is 0.0613. The zero-order chi connectivity index (χ0) is 15.6. The first-order valence-corrected chi connectivity index (χ1v) is 5.67. The molecule has 1 heterocycles. The second-order valence-electron chi connectivity index (χ2n) is 4.11. The molecule has 8 heteroatoms. The fraction of sp³-hybridized carbons (Fsp3) is 0.0769. The molecule has 0 saturated heterocycles. The molecule has 0 saturated carbocycles. The van der Waals surface area contributed by atoms with Crippen LogP contribution in [-0.2, 0) is 6.18 Å². The van der Waals surface area contributed by atoms with Crippen LogP contribution < -0.4 is 11.1 Å². The number of hydrogen-bond acceptors (Lipinski definition) is 2. The monoisotopic (exact) mass is 299 g/mol. The molecule has 21 heavy (non-hydrogen) atoms. The first-order valence-electron chi connectivity index (χ1n) is 5.67. The van der Waals surface area contributed by atoms with Crippen LogP contribution in [0.2, 0.25) is 0 Å². The van der Waals surface area contributed by atoms with Crippen LogP contribution >= 0.6 is 0 Å². The number of anilines is 1. The molecule has 110 valence electrons. The van der Waals surface area contributed by atoms with Crippen LogP contribution in [-0.4, -0.2) is 11.0 Å². The van der Waals surface area contributed by atoms with Gasteiger partial charge in [0, 0.05) is 23.0 Å². The van der Waals surface area contributed by atoms with Crippen molar-refractivity contribution in [3.8, 4) is 11.1 Å². The van der Waals surface area contributed by atoms with Crippen LogP contribution in [0.1, 0.15) is 5.69 Å². The Hall–Kier alpha value is -2.64. The predicted octanol–water partition coefficient (Wildman–Crippen LogP) is 3.40. The SMILES string of the molecule is NC(=O)Nc1ccc(-c2ccc(C(F)(F)F)nc2)c(F)c1. The third-order valence-corrected chi connectivity index (χ3v) is 2.60. The smallest absolute Gasteiger partial charge is 0.351 e. The fourth-order valence-corrected chi connectivity index (χ4v) is 1.69. The molecule has 1 aromatic heterocycles. The van der Waals surface area contributed by atoms with Gasteiger partial charge in [-0.1, -0.05) is 6.07 Å². The summed E-state index contributed by atoms with van der Waals surface area (Å²) in [5.74, 6) is -0.720. The van der Waals surface area contributed by atoms with Crippen molar-refractivity contribution in [1.82, 2.24) is 4.98 Å². The number of alkyl halides is 3. The number of nitrogens with zero attached hydrogens (tertiary/aromatic N) is 1. The number of halogens is 4. The minimum Gasteiger partial charge on any atom is -0.351 e. The van der Waals surface area contributed by atoms with E-state index >= 15 is 0 Å². The summed E-state index contributed by atoms with van der Waals surface area (Å²) >= 11 is 0. The van der Waals surface area contributed by atoms with E-state index in [0.717, 1.165) is 24.4 Å². The lowest BCUT2D eigenvalue weighted by atomic mass is 10.1. The highest BCUT2D eigenvalue weighted by atomic mass is 19.4. The van der Waals surface area contributed by atoms with E-state index in [2.05, 4.69) is 10.3 Å². The molecule has 0 aliphatic heterocycles. The Morgan fingerprint density at radius 2 is 1.90 bits per heavy atom. The number of carbonyl (C=O) groups excluding carboxylic acids is 1. The van der Waals surface area contributed by atoms with E-state index in [1.807, 2.05) is 0 Å². The van der Waals surface area contributed by atoms with Crippen molar-refractivity contribution in [2.24, 2.45) is 5.73 Å². The van der Waals surface area contributed by atoms with Gasteiger partial charge in [0.2, 0.25) is 0 Å². The van der Waals surface area contributed by atoms with E-state index in [1.54, 1.807) is 0 Å². The van der Waals surface area contributed by atoms with Gasteiger partial charge < -0.3 is 11.1 Å². The lowest BCUT2D eigenvalue weighted by molar-refractivity contribution is -0.141. The van der Waals surface area contributed by atoms with E-state index in [1.165, 1.54) is 12.1 Å². The summed E-state index contributed by atoms with van der Waals surface area (Å²) in [5, 5.41) is 2.19. The van der Waals surface area contributed by atoms with Crippen molar-refractivity contribution in [2.75, 3.05) is 5.32 Å². The zero-order valence-corrected chi connectivity index (χ0v) is 10.4. The molecule has 0 fully saturated rings. The summed E-state index contributed by atoms with van der Waals surface area (Å²) < 4.78 is 51.0. The lowest BCUT2D eigenvalue weighted by Gasteiger charge is -2.08. The number of rotatable bonds is 2. The third kappa shape index (κ3) is 3.47. The number of primary amides is 1. The summed E-state index contributed by atoms with van der Waals surface area (Å²) in [6, 6.07) is 4.74. The summed E-state index contributed by atoms with van der Waals surface area (Å²) in [6.07, 6.45) is -3.62. The number of benzene rings is 1. The summed E-state index contributed by atoms with van der Waals surface area (Å²) in [4.78, 5) is 13.9. The second kappa shape index (κ2) is 5.39. The standard InChI is InChI=1S/C13H9F4N3O/c14-10-5-8(20-12(18)21)2-3-9(10)7-1-4-11(19-6-7)13(15,16)17/h1-6H,(H3,18,20,21). The Labute approximate surface area is 116 Å². The number of hydrogen-bond donors (Lipinski definition) is 2. The van der Waals surface area contributed by atoms with Crippen molar-refractivity contribution in [3.05, 3.63) is 48.0 Å². The number of amides is 2. The molecular weight excluding hydrogens is 290 g/mol. The maximum Gasteiger partial charge on any atom is 0.433 e. The second-order valence-corrected chi connectivity index (χ2v) is 4.11. The number of urea groups is 1. The Morgan fingerprint density at radius 3 is 2.38 bits per heavy atom. The Kier molecular flexibility index (Phi) is 3.79. The average Bonchev–Trinajstić information content (AvgIpc) is 2.37. The number of nitrogens with one attached hydrogen (secondary N) is 1. The van der Waals surface area contributed by atoms with Crippen molar-refractivity contribution in [3.63, 3.8) is 0 Å². The Balaban J connectivity index is 2.32. The lowest BCUT2D eigenvalue weighted by Crippen LogP contribution is -2.19. The molecule has 0 radical (unpaired) electrons. The number of nitrogens with two attached hydrogens (primary N) is 1. The molecule has 1 aromatic carbocycles. The molecule has 2 aromatic rings. The molecule has 3 N–H and O–H groups in total.